The van der Waals surface area contributed by atoms with E-state index in [0.717, 1.165) is 37.3 Å². The molecule has 1 aromatic rings. The van der Waals surface area contributed by atoms with Crippen LogP contribution in [0.4, 0.5) is 0 Å². The van der Waals surface area contributed by atoms with Gasteiger partial charge in [-0.2, -0.15) is 5.10 Å². The number of piperidine rings is 1. The Kier molecular flexibility index (Phi) is 4.63. The topological polar surface area (TPSA) is 58.4 Å². The molecular weight excluding hydrogens is 290 g/mol. The second kappa shape index (κ2) is 5.97. The fraction of sp³-hybridized carbons (Fsp3) is 0.733. The van der Waals surface area contributed by atoms with E-state index in [1.54, 1.807) is 0 Å². The minimum Gasteiger partial charge on any atom is -0.480 e. The summed E-state index contributed by atoms with van der Waals surface area (Å²) in [5.74, 6) is -0.755. The van der Waals surface area contributed by atoms with Crippen molar-refractivity contribution in [2.24, 2.45) is 5.41 Å². The normalized spacial score (nSPS) is 22.4. The second-order valence-electron chi connectivity index (χ2n) is 6.47. The number of halogens is 1. The molecule has 1 fully saturated rings. The molecule has 0 aliphatic carbocycles. The Hall–Kier alpha value is -1.07. The highest BCUT2D eigenvalue weighted by Gasteiger charge is 2.42. The number of likely N-dealkylation sites (tertiary alicyclic amines) is 1. The first-order chi connectivity index (χ1) is 9.77. The Morgan fingerprint density at radius 3 is 2.76 bits per heavy atom. The number of nitrogens with zero attached hydrogens (tertiary/aromatic N) is 3. The Morgan fingerprint density at radius 1 is 1.52 bits per heavy atom. The molecule has 5 nitrogen and oxygen atoms in total. The molecule has 0 radical (unpaired) electrons. The van der Waals surface area contributed by atoms with Crippen LogP contribution in [0.1, 0.15) is 45.0 Å². The number of aliphatic carboxylic acids is 1. The summed E-state index contributed by atoms with van der Waals surface area (Å²) in [7, 11) is 0. The van der Waals surface area contributed by atoms with Crippen LogP contribution in [-0.4, -0.2) is 38.3 Å². The lowest BCUT2D eigenvalue weighted by Gasteiger charge is -2.44. The van der Waals surface area contributed by atoms with Crippen molar-refractivity contribution in [2.75, 3.05) is 6.54 Å². The summed E-state index contributed by atoms with van der Waals surface area (Å²) in [6, 6.07) is -0.483. The van der Waals surface area contributed by atoms with E-state index in [1.165, 1.54) is 0 Å². The Morgan fingerprint density at radius 2 is 2.19 bits per heavy atom. The lowest BCUT2D eigenvalue weighted by molar-refractivity contribution is -0.151. The zero-order valence-electron chi connectivity index (χ0n) is 13.2. The first-order valence-electron chi connectivity index (χ1n) is 7.46. The van der Waals surface area contributed by atoms with Crippen molar-refractivity contribution in [1.82, 2.24) is 14.7 Å². The van der Waals surface area contributed by atoms with Gasteiger partial charge in [-0.25, -0.2) is 0 Å². The van der Waals surface area contributed by atoms with E-state index in [4.69, 9.17) is 11.6 Å². The first-order valence-corrected chi connectivity index (χ1v) is 7.84. The molecule has 2 heterocycles. The Bertz CT molecular complexity index is 539. The van der Waals surface area contributed by atoms with Crippen LogP contribution in [0.2, 0.25) is 5.02 Å². The van der Waals surface area contributed by atoms with Crippen LogP contribution in [0.15, 0.2) is 0 Å². The van der Waals surface area contributed by atoms with Crippen LogP contribution in [0.3, 0.4) is 0 Å². The van der Waals surface area contributed by atoms with Gasteiger partial charge in [-0.1, -0.05) is 25.4 Å². The van der Waals surface area contributed by atoms with E-state index >= 15 is 0 Å². The molecule has 0 aromatic carbocycles. The minimum absolute atomic E-state index is 0.233. The average molecular weight is 314 g/mol. The lowest BCUT2D eigenvalue weighted by atomic mass is 9.76. The van der Waals surface area contributed by atoms with Crippen LogP contribution in [-0.2, 0) is 17.9 Å². The van der Waals surface area contributed by atoms with Crippen molar-refractivity contribution in [3.05, 3.63) is 16.4 Å². The maximum Gasteiger partial charge on any atom is 0.321 e. The van der Waals surface area contributed by atoms with Crippen LogP contribution in [0.5, 0.6) is 0 Å². The number of aryl methyl sites for hydroxylation is 2. The largest absolute Gasteiger partial charge is 0.480 e. The summed E-state index contributed by atoms with van der Waals surface area (Å²) >= 11 is 6.35. The maximum atomic E-state index is 11.7. The summed E-state index contributed by atoms with van der Waals surface area (Å²) in [5.41, 5.74) is 1.49. The molecule has 0 saturated carbocycles. The van der Waals surface area contributed by atoms with E-state index in [9.17, 15) is 9.90 Å². The number of hydrogen-bond acceptors (Lipinski definition) is 3. The zero-order chi connectivity index (χ0) is 15.8. The van der Waals surface area contributed by atoms with Gasteiger partial charge < -0.3 is 5.11 Å². The van der Waals surface area contributed by atoms with Gasteiger partial charge in [0.15, 0.2) is 0 Å². The minimum atomic E-state index is -0.755. The molecule has 1 N–H and O–H groups in total. The van der Waals surface area contributed by atoms with Crippen molar-refractivity contribution in [3.8, 4) is 0 Å². The summed E-state index contributed by atoms with van der Waals surface area (Å²) in [6.07, 6.45) is 1.94. The average Bonchev–Trinajstić information content (AvgIpc) is 2.65. The van der Waals surface area contributed by atoms with Gasteiger partial charge in [0.2, 0.25) is 0 Å². The van der Waals surface area contributed by atoms with E-state index in [2.05, 4.69) is 5.10 Å². The third-order valence-electron chi connectivity index (χ3n) is 4.41. The molecule has 0 amide bonds. The molecule has 1 aliphatic heterocycles. The molecule has 1 unspecified atom stereocenters. The summed E-state index contributed by atoms with van der Waals surface area (Å²) in [6.45, 7) is 10.0. The smallest absolute Gasteiger partial charge is 0.321 e. The highest BCUT2D eigenvalue weighted by molar-refractivity contribution is 6.31. The van der Waals surface area contributed by atoms with Crippen molar-refractivity contribution >= 4 is 17.6 Å². The fourth-order valence-electron chi connectivity index (χ4n) is 3.37. The number of aromatic nitrogens is 2. The van der Waals surface area contributed by atoms with Crippen LogP contribution in [0, 0.1) is 12.3 Å². The molecule has 118 valence electrons. The van der Waals surface area contributed by atoms with Crippen LogP contribution >= 0.6 is 11.6 Å². The van der Waals surface area contributed by atoms with E-state index < -0.39 is 12.0 Å². The summed E-state index contributed by atoms with van der Waals surface area (Å²) < 4.78 is 1.87. The van der Waals surface area contributed by atoms with Gasteiger partial charge in [0, 0.05) is 13.1 Å². The van der Waals surface area contributed by atoms with Gasteiger partial charge in [0.25, 0.3) is 0 Å². The van der Waals surface area contributed by atoms with Gasteiger partial charge in [0.1, 0.15) is 6.04 Å². The predicted molar refractivity (Wildman–Crippen MR) is 82.5 cm³/mol. The van der Waals surface area contributed by atoms with Gasteiger partial charge >= 0.3 is 5.97 Å². The quantitative estimate of drug-likeness (QED) is 0.928. The third kappa shape index (κ3) is 3.09. The molecule has 1 aliphatic rings. The molecule has 2 rings (SSSR count). The zero-order valence-corrected chi connectivity index (χ0v) is 13.9. The third-order valence-corrected chi connectivity index (χ3v) is 4.90. The van der Waals surface area contributed by atoms with Crippen LogP contribution < -0.4 is 0 Å². The summed E-state index contributed by atoms with van der Waals surface area (Å²) in [5, 5.41) is 14.7. The molecule has 1 saturated heterocycles. The highest BCUT2D eigenvalue weighted by Crippen LogP contribution is 2.36. The number of carboxylic acids is 1. The van der Waals surface area contributed by atoms with Gasteiger partial charge in [0.05, 0.1) is 16.4 Å². The molecule has 1 aromatic heterocycles. The molecular formula is C15H24ClN3O2. The van der Waals surface area contributed by atoms with Gasteiger partial charge in [-0.05, 0) is 38.6 Å². The molecule has 21 heavy (non-hydrogen) atoms. The molecule has 6 heteroatoms. The second-order valence-corrected chi connectivity index (χ2v) is 6.84. The number of rotatable bonds is 4. The highest BCUT2D eigenvalue weighted by atomic mass is 35.5. The van der Waals surface area contributed by atoms with Crippen molar-refractivity contribution < 1.29 is 9.90 Å². The van der Waals surface area contributed by atoms with Crippen molar-refractivity contribution in [3.63, 3.8) is 0 Å². The lowest BCUT2D eigenvalue weighted by Crippen LogP contribution is -2.53. The van der Waals surface area contributed by atoms with Crippen molar-refractivity contribution in [1.29, 1.82) is 0 Å². The molecule has 1 atom stereocenters. The maximum absolute atomic E-state index is 11.7. The number of carboxylic acid groups (broad SMARTS) is 1. The number of carbonyl (C=O) groups is 1. The predicted octanol–water partition coefficient (Wildman–Crippen LogP) is 2.94. The van der Waals surface area contributed by atoms with Gasteiger partial charge in [-0.15, -0.1) is 0 Å². The van der Waals surface area contributed by atoms with E-state index in [1.807, 2.05) is 37.3 Å². The molecule has 0 bridgehead atoms. The van der Waals surface area contributed by atoms with E-state index in [-0.39, 0.29) is 5.41 Å². The van der Waals surface area contributed by atoms with Crippen molar-refractivity contribution in [2.45, 2.75) is 59.7 Å². The molecule has 0 spiro atoms. The Labute approximate surface area is 130 Å². The first kappa shape index (κ1) is 16.3. The fourth-order valence-corrected chi connectivity index (χ4v) is 3.57. The Balaban J connectivity index is 2.31. The number of hydrogen-bond donors (Lipinski definition) is 1. The monoisotopic (exact) mass is 313 g/mol. The van der Waals surface area contributed by atoms with E-state index in [0.29, 0.717) is 11.6 Å². The van der Waals surface area contributed by atoms with Crippen LogP contribution in [0.25, 0.3) is 0 Å². The standard InChI is InChI=1S/C15H24ClN3O2/c1-5-19-11(12(16)10(2)17-19)9-18-8-6-7-15(3,4)13(18)14(20)21/h13H,5-9H2,1-4H3,(H,20,21). The summed E-state index contributed by atoms with van der Waals surface area (Å²) in [4.78, 5) is 13.7. The SMILES string of the molecule is CCn1nc(C)c(Cl)c1CN1CCCC(C)(C)C1C(=O)O. The van der Waals surface area contributed by atoms with Gasteiger partial charge in [-0.3, -0.25) is 14.4 Å².